The molecule has 0 radical (unpaired) electrons. The molecule has 2 aromatic carbocycles. The van der Waals surface area contributed by atoms with Gasteiger partial charge in [0.1, 0.15) is 6.54 Å². The molecular formula is C21H21N3O4. The number of hydrogen-bond acceptors (Lipinski definition) is 5. The Hall–Kier alpha value is -3.48. The Bertz CT molecular complexity index is 937. The van der Waals surface area contributed by atoms with Crippen LogP contribution < -0.4 is 20.2 Å². The Labute approximate surface area is 162 Å². The van der Waals surface area contributed by atoms with Crippen LogP contribution in [0.2, 0.25) is 0 Å². The Balaban J connectivity index is 1.34. The van der Waals surface area contributed by atoms with Crippen molar-refractivity contribution in [3.05, 3.63) is 65.2 Å². The fourth-order valence-corrected chi connectivity index (χ4v) is 3.05. The predicted molar refractivity (Wildman–Crippen MR) is 103 cm³/mol. The Morgan fingerprint density at radius 2 is 1.93 bits per heavy atom. The van der Waals surface area contributed by atoms with E-state index < -0.39 is 0 Å². The van der Waals surface area contributed by atoms with E-state index in [0.717, 1.165) is 22.4 Å². The van der Waals surface area contributed by atoms with E-state index in [0.29, 0.717) is 18.0 Å². The molecule has 7 nitrogen and oxygen atoms in total. The lowest BCUT2D eigenvalue weighted by Gasteiger charge is -2.29. The minimum absolute atomic E-state index is 0.0629. The number of carbonyl (C=O) groups is 2. The second kappa shape index (κ2) is 7.64. The van der Waals surface area contributed by atoms with E-state index in [4.69, 9.17) is 9.47 Å². The topological polar surface area (TPSA) is 79.9 Å². The number of aryl methyl sites for hydroxylation is 1. The number of ether oxygens (including phenoxy) is 2. The van der Waals surface area contributed by atoms with Crippen molar-refractivity contribution >= 4 is 17.5 Å². The highest BCUT2D eigenvalue weighted by Gasteiger charge is 2.22. The first kappa shape index (κ1) is 17.9. The van der Waals surface area contributed by atoms with Gasteiger partial charge in [0, 0.05) is 13.0 Å². The number of amides is 2. The summed E-state index contributed by atoms with van der Waals surface area (Å²) in [4.78, 5) is 24.5. The van der Waals surface area contributed by atoms with Crippen LogP contribution in [-0.4, -0.2) is 30.2 Å². The van der Waals surface area contributed by atoms with Gasteiger partial charge in [-0.2, -0.15) is 0 Å². The van der Waals surface area contributed by atoms with Crippen molar-refractivity contribution < 1.29 is 19.1 Å². The molecular weight excluding hydrogens is 358 g/mol. The second-order valence-electron chi connectivity index (χ2n) is 6.74. The summed E-state index contributed by atoms with van der Waals surface area (Å²) in [6.07, 6.45) is 2.10. The highest BCUT2D eigenvalue weighted by atomic mass is 16.7. The van der Waals surface area contributed by atoms with Gasteiger partial charge >= 0.3 is 0 Å². The van der Waals surface area contributed by atoms with Gasteiger partial charge in [0.05, 0.1) is 5.70 Å². The zero-order valence-electron chi connectivity index (χ0n) is 15.5. The monoisotopic (exact) mass is 379 g/mol. The molecule has 144 valence electrons. The third-order valence-electron chi connectivity index (χ3n) is 4.63. The summed E-state index contributed by atoms with van der Waals surface area (Å²) in [5.41, 5.74) is 6.91. The number of nitrogens with zero attached hydrogens (tertiary/aromatic N) is 1. The quantitative estimate of drug-likeness (QED) is 0.832. The number of hydrazine groups is 1. The number of carbonyl (C=O) groups excluding carboxylic acids is 2. The molecule has 7 heteroatoms. The fraction of sp³-hybridized carbons (Fsp3) is 0.238. The van der Waals surface area contributed by atoms with Crippen molar-refractivity contribution in [2.24, 2.45) is 0 Å². The summed E-state index contributed by atoms with van der Waals surface area (Å²) in [7, 11) is 0. The lowest BCUT2D eigenvalue weighted by atomic mass is 10.1. The van der Waals surface area contributed by atoms with Gasteiger partial charge in [-0.25, -0.2) is 5.01 Å². The van der Waals surface area contributed by atoms with Gasteiger partial charge in [0.25, 0.3) is 0 Å². The molecule has 2 N–H and O–H groups in total. The van der Waals surface area contributed by atoms with Crippen LogP contribution in [-0.2, 0) is 16.1 Å². The van der Waals surface area contributed by atoms with Crippen LogP contribution in [0.5, 0.6) is 11.5 Å². The summed E-state index contributed by atoms with van der Waals surface area (Å²) in [5, 5.41) is 4.18. The molecule has 0 saturated carbocycles. The first-order valence-corrected chi connectivity index (χ1v) is 9.08. The molecule has 0 fully saturated rings. The number of nitrogens with one attached hydrogen (secondary N) is 2. The van der Waals surface area contributed by atoms with Crippen molar-refractivity contribution in [3.8, 4) is 11.5 Å². The molecule has 0 unspecified atom stereocenters. The Morgan fingerprint density at radius 3 is 2.75 bits per heavy atom. The molecule has 28 heavy (non-hydrogen) atoms. The molecule has 2 heterocycles. The van der Waals surface area contributed by atoms with Gasteiger partial charge in [-0.3, -0.25) is 15.0 Å². The van der Waals surface area contributed by atoms with Crippen molar-refractivity contribution in [1.82, 2.24) is 15.8 Å². The van der Waals surface area contributed by atoms with Gasteiger partial charge in [-0.05, 0) is 36.3 Å². The summed E-state index contributed by atoms with van der Waals surface area (Å²) < 4.78 is 10.6. The van der Waals surface area contributed by atoms with Crippen LogP contribution in [0.3, 0.4) is 0 Å². The molecule has 0 atom stereocenters. The molecule has 0 saturated heterocycles. The lowest BCUT2D eigenvalue weighted by Crippen LogP contribution is -2.49. The van der Waals surface area contributed by atoms with Crippen molar-refractivity contribution in [1.29, 1.82) is 0 Å². The maximum absolute atomic E-state index is 12.3. The molecule has 0 aromatic heterocycles. The lowest BCUT2D eigenvalue weighted by molar-refractivity contribution is -0.137. The summed E-state index contributed by atoms with van der Waals surface area (Å²) in [6, 6.07) is 13.5. The van der Waals surface area contributed by atoms with Crippen molar-refractivity contribution in [3.63, 3.8) is 0 Å². The largest absolute Gasteiger partial charge is 0.454 e. The predicted octanol–water partition coefficient (Wildman–Crippen LogP) is 2.12. The minimum Gasteiger partial charge on any atom is -0.454 e. The van der Waals surface area contributed by atoms with Gasteiger partial charge in [0.15, 0.2) is 11.5 Å². The van der Waals surface area contributed by atoms with Gasteiger partial charge < -0.3 is 14.8 Å². The second-order valence-corrected chi connectivity index (χ2v) is 6.74. The zero-order valence-corrected chi connectivity index (χ0v) is 15.5. The molecule has 2 amide bonds. The molecule has 2 aliphatic heterocycles. The van der Waals surface area contributed by atoms with E-state index >= 15 is 0 Å². The summed E-state index contributed by atoms with van der Waals surface area (Å²) >= 11 is 0. The molecule has 4 rings (SSSR count). The van der Waals surface area contributed by atoms with E-state index in [2.05, 4.69) is 10.7 Å². The first-order valence-electron chi connectivity index (χ1n) is 9.08. The Kier molecular flexibility index (Phi) is 4.89. The maximum atomic E-state index is 12.3. The van der Waals surface area contributed by atoms with E-state index in [-0.39, 0.29) is 31.6 Å². The average Bonchev–Trinajstić information content (AvgIpc) is 3.17. The van der Waals surface area contributed by atoms with Crippen LogP contribution >= 0.6 is 0 Å². The number of rotatable bonds is 5. The van der Waals surface area contributed by atoms with Crippen LogP contribution in [0.4, 0.5) is 0 Å². The van der Waals surface area contributed by atoms with Crippen molar-refractivity contribution in [2.45, 2.75) is 19.9 Å². The van der Waals surface area contributed by atoms with Gasteiger partial charge in [-0.1, -0.05) is 35.9 Å². The van der Waals surface area contributed by atoms with Crippen LogP contribution in [0.15, 0.2) is 48.5 Å². The molecule has 0 bridgehead atoms. The summed E-state index contributed by atoms with van der Waals surface area (Å²) in [5.74, 6) is 0.985. The van der Waals surface area contributed by atoms with E-state index in [9.17, 15) is 9.59 Å². The molecule has 2 aliphatic rings. The molecule has 0 aliphatic carbocycles. The highest BCUT2D eigenvalue weighted by Crippen LogP contribution is 2.32. The van der Waals surface area contributed by atoms with E-state index in [1.165, 1.54) is 5.01 Å². The summed E-state index contributed by atoms with van der Waals surface area (Å²) in [6.45, 7) is 2.52. The van der Waals surface area contributed by atoms with E-state index in [1.807, 2.05) is 55.5 Å². The fourth-order valence-electron chi connectivity index (χ4n) is 3.05. The first-order chi connectivity index (χ1) is 13.6. The normalized spacial score (nSPS) is 15.1. The minimum atomic E-state index is -0.247. The molecule has 0 spiro atoms. The Morgan fingerprint density at radius 1 is 1.14 bits per heavy atom. The van der Waals surface area contributed by atoms with Crippen LogP contribution in [0.1, 0.15) is 23.1 Å². The standard InChI is InChI=1S/C21H21N3O4/c1-14-2-5-16(6-3-14)17-7-9-21(26)24(23-17)12-20(25)22-11-15-4-8-18-19(10-15)28-13-27-18/h2-8,10,23H,9,11-13H2,1H3,(H,22,25). The van der Waals surface area contributed by atoms with Gasteiger partial charge in [-0.15, -0.1) is 0 Å². The maximum Gasteiger partial charge on any atom is 0.245 e. The average molecular weight is 379 g/mol. The smallest absolute Gasteiger partial charge is 0.245 e. The SMILES string of the molecule is Cc1ccc(C2=CCC(=O)N(CC(=O)NCc3ccc4c(c3)OCO4)N2)cc1. The highest BCUT2D eigenvalue weighted by molar-refractivity contribution is 5.88. The van der Waals surface area contributed by atoms with E-state index in [1.54, 1.807) is 0 Å². The third kappa shape index (κ3) is 3.93. The van der Waals surface area contributed by atoms with Gasteiger partial charge in [0.2, 0.25) is 18.6 Å². The number of hydrogen-bond donors (Lipinski definition) is 2. The van der Waals surface area contributed by atoms with Crippen LogP contribution in [0.25, 0.3) is 5.70 Å². The van der Waals surface area contributed by atoms with Crippen molar-refractivity contribution in [2.75, 3.05) is 13.3 Å². The number of fused-ring (bicyclic) bond motifs is 1. The van der Waals surface area contributed by atoms with Crippen LogP contribution in [0, 0.1) is 6.92 Å². The third-order valence-corrected chi connectivity index (χ3v) is 4.63. The molecule has 2 aromatic rings. The number of benzene rings is 2. The zero-order chi connectivity index (χ0) is 19.5.